The summed E-state index contributed by atoms with van der Waals surface area (Å²) in [6.07, 6.45) is 1.60. The predicted molar refractivity (Wildman–Crippen MR) is 140 cm³/mol. The highest BCUT2D eigenvalue weighted by Crippen LogP contribution is 2.19. The predicted octanol–water partition coefficient (Wildman–Crippen LogP) is 6.46. The smallest absolute Gasteiger partial charge is 0.271 e. The van der Waals surface area contributed by atoms with E-state index in [1.165, 1.54) is 11.1 Å². The van der Waals surface area contributed by atoms with Gasteiger partial charge in [-0.15, -0.1) is 0 Å². The van der Waals surface area contributed by atoms with E-state index in [1.54, 1.807) is 6.21 Å². The Kier molecular flexibility index (Phi) is 8.52. The lowest BCUT2D eigenvalue weighted by atomic mass is 10.1. The summed E-state index contributed by atoms with van der Waals surface area (Å²) in [6, 6.07) is 35.7. The summed E-state index contributed by atoms with van der Waals surface area (Å²) in [5, 5.41) is 4.13. The number of amides is 1. The highest BCUT2D eigenvalue weighted by molar-refractivity contribution is 7.97. The van der Waals surface area contributed by atoms with Crippen molar-refractivity contribution in [3.63, 3.8) is 0 Å². The summed E-state index contributed by atoms with van der Waals surface area (Å²) in [6.45, 7) is 0.466. The van der Waals surface area contributed by atoms with Gasteiger partial charge in [-0.25, -0.2) is 5.43 Å². The van der Waals surface area contributed by atoms with Gasteiger partial charge in [0.05, 0.1) is 6.21 Å². The molecule has 0 atom stereocenters. The number of rotatable bonds is 10. The van der Waals surface area contributed by atoms with Crippen molar-refractivity contribution >= 4 is 23.9 Å². The van der Waals surface area contributed by atoms with Crippen LogP contribution in [0.25, 0.3) is 0 Å². The molecule has 0 heterocycles. The number of hydrazone groups is 1. The number of carbonyl (C=O) groups is 1. The maximum Gasteiger partial charge on any atom is 0.271 e. The number of nitrogens with one attached hydrogen (secondary N) is 1. The van der Waals surface area contributed by atoms with E-state index in [-0.39, 0.29) is 5.91 Å². The van der Waals surface area contributed by atoms with Gasteiger partial charge in [0.15, 0.2) is 0 Å². The van der Waals surface area contributed by atoms with Gasteiger partial charge in [0.2, 0.25) is 0 Å². The van der Waals surface area contributed by atoms with E-state index in [0.717, 1.165) is 22.6 Å². The molecule has 34 heavy (non-hydrogen) atoms. The molecule has 0 aliphatic heterocycles. The number of thioether (sulfide) groups is 1. The maximum absolute atomic E-state index is 12.5. The van der Waals surface area contributed by atoms with Gasteiger partial charge in [0.25, 0.3) is 5.91 Å². The minimum Gasteiger partial charge on any atom is -0.488 e. The molecule has 0 saturated carbocycles. The van der Waals surface area contributed by atoms with E-state index >= 15 is 0 Å². The summed E-state index contributed by atoms with van der Waals surface area (Å²) in [5.74, 6) is 2.33. The third-order valence-corrected chi connectivity index (χ3v) is 6.20. The van der Waals surface area contributed by atoms with Crippen LogP contribution in [0, 0.1) is 0 Å². The van der Waals surface area contributed by atoms with Gasteiger partial charge >= 0.3 is 0 Å². The van der Waals surface area contributed by atoms with Crippen LogP contribution in [0.4, 0.5) is 0 Å². The number of nitrogens with zero attached hydrogens (tertiary/aromatic N) is 1. The molecule has 0 fully saturated rings. The van der Waals surface area contributed by atoms with Crippen molar-refractivity contribution in [3.8, 4) is 5.75 Å². The van der Waals surface area contributed by atoms with Crippen LogP contribution in [0.5, 0.6) is 5.75 Å². The minimum absolute atomic E-state index is 0.248. The third-order valence-electron chi connectivity index (χ3n) is 5.12. The van der Waals surface area contributed by atoms with Crippen molar-refractivity contribution in [3.05, 3.63) is 137 Å². The summed E-state index contributed by atoms with van der Waals surface area (Å²) in [5.41, 5.74) is 7.56. The second-order valence-corrected chi connectivity index (χ2v) is 8.67. The largest absolute Gasteiger partial charge is 0.488 e. The molecule has 1 amide bonds. The zero-order chi connectivity index (χ0) is 23.4. The first-order valence-electron chi connectivity index (χ1n) is 11.1. The monoisotopic (exact) mass is 466 g/mol. The number of carbonyl (C=O) groups excluding carboxylic acids is 1. The lowest BCUT2D eigenvalue weighted by Crippen LogP contribution is -2.17. The fourth-order valence-electron chi connectivity index (χ4n) is 3.29. The molecule has 4 aromatic rings. The van der Waals surface area contributed by atoms with Crippen LogP contribution in [-0.2, 0) is 18.1 Å². The maximum atomic E-state index is 12.5. The zero-order valence-corrected chi connectivity index (χ0v) is 19.6. The Labute approximate surface area is 204 Å². The molecule has 170 valence electrons. The topological polar surface area (TPSA) is 50.7 Å². The molecule has 4 aromatic carbocycles. The Morgan fingerprint density at radius 2 is 1.32 bits per heavy atom. The van der Waals surface area contributed by atoms with E-state index in [9.17, 15) is 4.79 Å². The molecule has 0 unspecified atom stereocenters. The van der Waals surface area contributed by atoms with Crippen molar-refractivity contribution in [2.45, 2.75) is 18.1 Å². The van der Waals surface area contributed by atoms with Crippen LogP contribution in [0.1, 0.15) is 32.6 Å². The van der Waals surface area contributed by atoms with Crippen molar-refractivity contribution in [2.75, 3.05) is 0 Å². The molecule has 0 aliphatic rings. The Morgan fingerprint density at radius 1 is 0.735 bits per heavy atom. The minimum atomic E-state index is -0.248. The Balaban J connectivity index is 1.27. The summed E-state index contributed by atoms with van der Waals surface area (Å²) >= 11 is 1.85. The van der Waals surface area contributed by atoms with Crippen LogP contribution in [0.2, 0.25) is 0 Å². The molecule has 0 aliphatic carbocycles. The molecule has 1 N–H and O–H groups in total. The fraction of sp³-hybridized carbons (Fsp3) is 0.103. The number of hydrogen-bond acceptors (Lipinski definition) is 4. The summed E-state index contributed by atoms with van der Waals surface area (Å²) < 4.78 is 5.93. The Morgan fingerprint density at radius 3 is 2.03 bits per heavy atom. The molecule has 5 heteroatoms. The Hall–Kier alpha value is -3.83. The Bertz CT molecular complexity index is 1210. The first-order chi connectivity index (χ1) is 16.8. The molecule has 4 rings (SSSR count). The van der Waals surface area contributed by atoms with Crippen LogP contribution in [-0.4, -0.2) is 12.1 Å². The summed E-state index contributed by atoms with van der Waals surface area (Å²) in [4.78, 5) is 12.5. The van der Waals surface area contributed by atoms with Crippen molar-refractivity contribution in [1.82, 2.24) is 5.43 Å². The van der Waals surface area contributed by atoms with E-state index in [1.807, 2.05) is 96.7 Å². The third kappa shape index (κ3) is 7.09. The lowest BCUT2D eigenvalue weighted by molar-refractivity contribution is 0.0955. The normalized spacial score (nSPS) is 10.8. The van der Waals surface area contributed by atoms with E-state index < -0.39 is 0 Å². The standard InChI is InChI=1S/C29H26N2O2S/c32-29(26-17-15-25(16-18-26)22-34-21-24-11-5-2-6-12-24)31-30-19-27-13-7-8-14-28(27)33-20-23-9-3-1-4-10-23/h1-19H,20-22H2,(H,31,32)/b30-19-. The second-order valence-electron chi connectivity index (χ2n) is 7.69. The highest BCUT2D eigenvalue weighted by atomic mass is 32.2. The molecular weight excluding hydrogens is 440 g/mol. The fourth-order valence-corrected chi connectivity index (χ4v) is 4.25. The van der Waals surface area contributed by atoms with Gasteiger partial charge in [-0.2, -0.15) is 16.9 Å². The lowest BCUT2D eigenvalue weighted by Gasteiger charge is -2.09. The average Bonchev–Trinajstić information content (AvgIpc) is 2.90. The second kappa shape index (κ2) is 12.4. The molecule has 0 aromatic heterocycles. The van der Waals surface area contributed by atoms with Gasteiger partial charge in [-0.1, -0.05) is 84.9 Å². The molecule has 0 bridgehead atoms. The van der Waals surface area contributed by atoms with E-state index in [2.05, 4.69) is 34.8 Å². The quantitative estimate of drug-likeness (QED) is 0.215. The van der Waals surface area contributed by atoms with Gasteiger partial charge in [0, 0.05) is 22.6 Å². The van der Waals surface area contributed by atoms with Crippen molar-refractivity contribution in [1.29, 1.82) is 0 Å². The van der Waals surface area contributed by atoms with Gasteiger partial charge in [-0.05, 0) is 41.0 Å². The van der Waals surface area contributed by atoms with E-state index in [4.69, 9.17) is 4.74 Å². The molecular formula is C29H26N2O2S. The number of ether oxygens (including phenoxy) is 1. The van der Waals surface area contributed by atoms with Gasteiger partial charge in [0.1, 0.15) is 12.4 Å². The van der Waals surface area contributed by atoms with E-state index in [0.29, 0.717) is 17.9 Å². The van der Waals surface area contributed by atoms with Crippen LogP contribution in [0.3, 0.4) is 0 Å². The van der Waals surface area contributed by atoms with Crippen LogP contribution < -0.4 is 10.2 Å². The molecule has 0 radical (unpaired) electrons. The zero-order valence-electron chi connectivity index (χ0n) is 18.8. The first kappa shape index (κ1) is 23.3. The van der Waals surface area contributed by atoms with Crippen LogP contribution >= 0.6 is 11.8 Å². The SMILES string of the molecule is O=C(N/N=C\c1ccccc1OCc1ccccc1)c1ccc(CSCc2ccccc2)cc1. The number of benzene rings is 4. The summed E-state index contributed by atoms with van der Waals surface area (Å²) in [7, 11) is 0. The first-order valence-corrected chi connectivity index (χ1v) is 12.2. The van der Waals surface area contributed by atoms with Crippen LogP contribution in [0.15, 0.2) is 114 Å². The highest BCUT2D eigenvalue weighted by Gasteiger charge is 2.05. The number of hydrogen-bond donors (Lipinski definition) is 1. The molecule has 4 nitrogen and oxygen atoms in total. The number of para-hydroxylation sites is 1. The van der Waals surface area contributed by atoms with Gasteiger partial charge in [-0.3, -0.25) is 4.79 Å². The average molecular weight is 467 g/mol. The van der Waals surface area contributed by atoms with Crippen molar-refractivity contribution < 1.29 is 9.53 Å². The molecule has 0 saturated heterocycles. The van der Waals surface area contributed by atoms with Gasteiger partial charge < -0.3 is 4.74 Å². The molecule has 0 spiro atoms. The van der Waals surface area contributed by atoms with Crippen molar-refractivity contribution in [2.24, 2.45) is 5.10 Å².